The number of likely N-dealkylation sites (tertiary alicyclic amines) is 1. The molecule has 0 aromatic heterocycles. The molecule has 1 aromatic carbocycles. The van der Waals surface area contributed by atoms with Gasteiger partial charge < -0.3 is 5.11 Å². The van der Waals surface area contributed by atoms with Crippen LogP contribution in [-0.4, -0.2) is 35.1 Å². The number of aromatic carboxylic acids is 1. The number of hydrogen-bond donors (Lipinski definition) is 1. The second-order valence-electron chi connectivity index (χ2n) is 5.80. The van der Waals surface area contributed by atoms with Crippen molar-refractivity contribution in [2.75, 3.05) is 13.1 Å². The maximum absolute atomic E-state index is 10.9. The Morgan fingerprint density at radius 2 is 1.90 bits per heavy atom. The van der Waals surface area contributed by atoms with Crippen LogP contribution in [0.3, 0.4) is 0 Å². The van der Waals surface area contributed by atoms with Crippen LogP contribution in [0.5, 0.6) is 0 Å². The molecule has 1 aromatic rings. The lowest BCUT2D eigenvalue weighted by Gasteiger charge is -2.42. The van der Waals surface area contributed by atoms with Crippen molar-refractivity contribution in [1.29, 1.82) is 0 Å². The second-order valence-corrected chi connectivity index (χ2v) is 5.80. The van der Waals surface area contributed by atoms with Gasteiger partial charge in [-0.05, 0) is 56.5 Å². The van der Waals surface area contributed by atoms with Gasteiger partial charge in [-0.25, -0.2) is 4.79 Å². The highest BCUT2D eigenvalue weighted by molar-refractivity contribution is 5.87. The first-order chi connectivity index (χ1) is 9.74. The predicted octanol–water partition coefficient (Wildman–Crippen LogP) is 3.42. The Kier molecular flexibility index (Phi) is 3.88. The first kappa shape index (κ1) is 13.4. The average Bonchev–Trinajstić information content (AvgIpc) is 2.39. The molecule has 0 amide bonds. The summed E-state index contributed by atoms with van der Waals surface area (Å²) in [5, 5.41) is 8.93. The van der Waals surface area contributed by atoms with E-state index in [1.54, 1.807) is 12.1 Å². The van der Waals surface area contributed by atoms with Crippen molar-refractivity contribution in [3.05, 3.63) is 41.0 Å². The Hall–Kier alpha value is -1.61. The highest BCUT2D eigenvalue weighted by Crippen LogP contribution is 2.31. The third-order valence-corrected chi connectivity index (χ3v) is 4.46. The highest BCUT2D eigenvalue weighted by Gasteiger charge is 2.28. The van der Waals surface area contributed by atoms with Crippen LogP contribution in [0.4, 0.5) is 0 Å². The number of rotatable bonds is 3. The molecule has 1 unspecified atom stereocenters. The molecule has 0 bridgehead atoms. The Balaban J connectivity index is 1.79. The van der Waals surface area contributed by atoms with Gasteiger partial charge in [0.05, 0.1) is 5.56 Å². The molecular weight excluding hydrogens is 250 g/mol. The first-order valence-corrected chi connectivity index (χ1v) is 7.52. The fraction of sp³-hybridized carbons (Fsp3) is 0.471. The van der Waals surface area contributed by atoms with E-state index in [1.165, 1.54) is 50.8 Å². The Bertz CT molecular complexity index is 514. The summed E-state index contributed by atoms with van der Waals surface area (Å²) < 4.78 is 0. The van der Waals surface area contributed by atoms with Gasteiger partial charge in [-0.1, -0.05) is 30.2 Å². The minimum absolute atomic E-state index is 0.357. The first-order valence-electron chi connectivity index (χ1n) is 7.52. The molecule has 106 valence electrons. The Morgan fingerprint density at radius 1 is 1.15 bits per heavy atom. The standard InChI is InChI=1S/C17H21NO2/c19-17(20)14-8-6-13(7-9-14)12-15-4-1-2-5-16(15)18-10-3-11-18/h6-9,12,16H,1-5,10-11H2,(H,19,20)/b15-12-. The third kappa shape index (κ3) is 2.78. The van der Waals surface area contributed by atoms with Gasteiger partial charge in [-0.3, -0.25) is 4.90 Å². The van der Waals surface area contributed by atoms with Crippen LogP contribution in [0.2, 0.25) is 0 Å². The van der Waals surface area contributed by atoms with Gasteiger partial charge in [0, 0.05) is 6.04 Å². The van der Waals surface area contributed by atoms with Crippen LogP contribution in [0.1, 0.15) is 48.0 Å². The van der Waals surface area contributed by atoms with E-state index in [2.05, 4.69) is 11.0 Å². The summed E-state index contributed by atoms with van der Waals surface area (Å²) in [5.41, 5.74) is 3.01. The fourth-order valence-electron chi connectivity index (χ4n) is 3.19. The summed E-state index contributed by atoms with van der Waals surface area (Å²) in [6.07, 6.45) is 8.67. The van der Waals surface area contributed by atoms with Gasteiger partial charge in [0.15, 0.2) is 0 Å². The van der Waals surface area contributed by atoms with Crippen molar-refractivity contribution >= 4 is 12.0 Å². The molecule has 2 fully saturated rings. The summed E-state index contributed by atoms with van der Waals surface area (Å²) in [6, 6.07) is 7.83. The number of nitrogens with zero attached hydrogens (tertiary/aromatic N) is 1. The second kappa shape index (κ2) is 5.80. The van der Waals surface area contributed by atoms with Gasteiger partial charge in [0.25, 0.3) is 0 Å². The van der Waals surface area contributed by atoms with E-state index in [0.717, 1.165) is 5.56 Å². The van der Waals surface area contributed by atoms with E-state index in [9.17, 15) is 4.79 Å². The van der Waals surface area contributed by atoms with Crippen LogP contribution in [0.25, 0.3) is 6.08 Å². The lowest BCUT2D eigenvalue weighted by atomic mass is 9.86. The van der Waals surface area contributed by atoms with Crippen LogP contribution >= 0.6 is 0 Å². The van der Waals surface area contributed by atoms with Crippen LogP contribution in [0, 0.1) is 0 Å². The summed E-state index contributed by atoms with van der Waals surface area (Å²) in [6.45, 7) is 2.47. The molecule has 1 N–H and O–H groups in total. The molecular formula is C17H21NO2. The summed E-state index contributed by atoms with van der Waals surface area (Å²) >= 11 is 0. The molecule has 1 aliphatic carbocycles. The van der Waals surface area contributed by atoms with E-state index in [0.29, 0.717) is 11.6 Å². The third-order valence-electron chi connectivity index (χ3n) is 4.46. The maximum atomic E-state index is 10.9. The monoisotopic (exact) mass is 271 g/mol. The van der Waals surface area contributed by atoms with Crippen molar-refractivity contribution in [3.8, 4) is 0 Å². The molecule has 1 aliphatic heterocycles. The van der Waals surface area contributed by atoms with Gasteiger partial charge in [-0.2, -0.15) is 0 Å². The molecule has 1 saturated heterocycles. The summed E-state index contributed by atoms with van der Waals surface area (Å²) in [7, 11) is 0. The van der Waals surface area contributed by atoms with E-state index >= 15 is 0 Å². The number of carboxylic acids is 1. The molecule has 2 aliphatic rings. The zero-order valence-corrected chi connectivity index (χ0v) is 11.7. The maximum Gasteiger partial charge on any atom is 0.335 e. The smallest absolute Gasteiger partial charge is 0.335 e. The molecule has 0 spiro atoms. The van der Waals surface area contributed by atoms with Crippen molar-refractivity contribution in [2.45, 2.75) is 38.1 Å². The van der Waals surface area contributed by atoms with Crippen LogP contribution in [0.15, 0.2) is 29.8 Å². The molecule has 1 saturated carbocycles. The van der Waals surface area contributed by atoms with Crippen LogP contribution < -0.4 is 0 Å². The molecule has 3 rings (SSSR count). The molecule has 1 atom stereocenters. The quantitative estimate of drug-likeness (QED) is 0.915. The Labute approximate surface area is 119 Å². The lowest BCUT2D eigenvalue weighted by molar-refractivity contribution is 0.0697. The van der Waals surface area contributed by atoms with E-state index in [1.807, 2.05) is 12.1 Å². The van der Waals surface area contributed by atoms with Gasteiger partial charge in [0.1, 0.15) is 0 Å². The minimum atomic E-state index is -0.861. The predicted molar refractivity (Wildman–Crippen MR) is 79.8 cm³/mol. The molecule has 1 heterocycles. The average molecular weight is 271 g/mol. The zero-order chi connectivity index (χ0) is 13.9. The molecule has 3 heteroatoms. The van der Waals surface area contributed by atoms with Gasteiger partial charge >= 0.3 is 5.97 Å². The van der Waals surface area contributed by atoms with Gasteiger partial charge in [0.2, 0.25) is 0 Å². The summed E-state index contributed by atoms with van der Waals surface area (Å²) in [4.78, 5) is 13.4. The number of benzene rings is 1. The van der Waals surface area contributed by atoms with Crippen LogP contribution in [-0.2, 0) is 0 Å². The normalized spacial score (nSPS) is 25.4. The number of carboxylic acid groups (broad SMARTS) is 1. The van der Waals surface area contributed by atoms with E-state index in [-0.39, 0.29) is 0 Å². The fourth-order valence-corrected chi connectivity index (χ4v) is 3.19. The number of carbonyl (C=O) groups is 1. The van der Waals surface area contributed by atoms with Crippen molar-refractivity contribution < 1.29 is 9.90 Å². The molecule has 20 heavy (non-hydrogen) atoms. The molecule has 3 nitrogen and oxygen atoms in total. The topological polar surface area (TPSA) is 40.5 Å². The Morgan fingerprint density at radius 3 is 2.50 bits per heavy atom. The molecule has 0 radical (unpaired) electrons. The van der Waals surface area contributed by atoms with E-state index < -0.39 is 5.97 Å². The number of hydrogen-bond acceptors (Lipinski definition) is 2. The summed E-state index contributed by atoms with van der Waals surface area (Å²) in [5.74, 6) is -0.861. The highest BCUT2D eigenvalue weighted by atomic mass is 16.4. The largest absolute Gasteiger partial charge is 0.478 e. The minimum Gasteiger partial charge on any atom is -0.478 e. The van der Waals surface area contributed by atoms with Gasteiger partial charge in [-0.15, -0.1) is 0 Å². The zero-order valence-electron chi connectivity index (χ0n) is 11.7. The van der Waals surface area contributed by atoms with Crippen molar-refractivity contribution in [3.63, 3.8) is 0 Å². The lowest BCUT2D eigenvalue weighted by Crippen LogP contribution is -2.46. The van der Waals surface area contributed by atoms with Crippen molar-refractivity contribution in [2.24, 2.45) is 0 Å². The SMILES string of the molecule is O=C(O)c1ccc(/C=C2/CCCCC2N2CCC2)cc1. The van der Waals surface area contributed by atoms with Crippen molar-refractivity contribution in [1.82, 2.24) is 4.90 Å². The van der Waals surface area contributed by atoms with E-state index in [4.69, 9.17) is 5.11 Å².